The summed E-state index contributed by atoms with van der Waals surface area (Å²) in [5.41, 5.74) is 5.17. The van der Waals surface area contributed by atoms with Gasteiger partial charge in [-0.25, -0.2) is 16.8 Å². The third kappa shape index (κ3) is 10.6. The van der Waals surface area contributed by atoms with E-state index in [1.807, 2.05) is 0 Å². The van der Waals surface area contributed by atoms with Crippen LogP contribution in [-0.2, 0) is 38.6 Å². The van der Waals surface area contributed by atoms with Gasteiger partial charge < -0.3 is 34.5 Å². The van der Waals surface area contributed by atoms with Crippen LogP contribution in [0.1, 0.15) is 0 Å². The topological polar surface area (TPSA) is 218 Å². The molecule has 1 aliphatic heterocycles. The standard InChI is InChI=1S/C8H17NO12S2.2Na/c9-1-2-18-8-6(11)7(21-23(15,16)17)5(10)4(20-8)3-19-22(12,13)14;;/h4-8,10-11H,1-3,9H2,(H,12,13,14)(H,15,16,17);;/q;2*+1/p-2/t4-,5+,6-,7+,8-;;/m1../s1. The van der Waals surface area contributed by atoms with E-state index in [1.54, 1.807) is 0 Å². The molecular weight excluding hydrogens is 412 g/mol. The van der Waals surface area contributed by atoms with Crippen LogP contribution in [0.4, 0.5) is 0 Å². The second-order valence-corrected chi connectivity index (χ2v) is 6.41. The minimum atomic E-state index is -5.33. The molecule has 1 saturated heterocycles. The van der Waals surface area contributed by atoms with Crippen LogP contribution < -0.4 is 64.8 Å². The Balaban J connectivity index is 0. The number of rotatable bonds is 8. The Morgan fingerprint density at radius 1 is 1.04 bits per heavy atom. The summed E-state index contributed by atoms with van der Waals surface area (Å²) in [5, 5.41) is 19.7. The van der Waals surface area contributed by atoms with E-state index in [0.29, 0.717) is 0 Å². The van der Waals surface area contributed by atoms with Crippen LogP contribution in [0, 0.1) is 0 Å². The number of aliphatic hydroxyl groups excluding tert-OH is 2. The molecule has 1 fully saturated rings. The average Bonchev–Trinajstić information content (AvgIpc) is 2.39. The molecule has 0 spiro atoms. The summed E-state index contributed by atoms with van der Waals surface area (Å²) in [4.78, 5) is 0. The fraction of sp³-hybridized carbons (Fsp3) is 1.00. The van der Waals surface area contributed by atoms with E-state index in [0.717, 1.165) is 0 Å². The third-order valence-electron chi connectivity index (χ3n) is 2.65. The SMILES string of the molecule is NCCO[C@@H]1O[C@H](COS(=O)(=O)[O-])[C@H](O)[C@H](OS(=O)(=O)[O-])[C@H]1O.[Na+].[Na+]. The molecule has 0 saturated carbocycles. The number of hydrogen-bond donors (Lipinski definition) is 3. The molecule has 17 heteroatoms. The predicted octanol–water partition coefficient (Wildman–Crippen LogP) is -10.3. The molecule has 0 aromatic heterocycles. The summed E-state index contributed by atoms with van der Waals surface area (Å²) in [6.07, 6.45) is -9.21. The molecule has 25 heavy (non-hydrogen) atoms. The Kier molecular flexibility index (Phi) is 14.0. The fourth-order valence-electron chi connectivity index (χ4n) is 1.76. The van der Waals surface area contributed by atoms with Crippen molar-refractivity contribution in [3.63, 3.8) is 0 Å². The van der Waals surface area contributed by atoms with Gasteiger partial charge in [0, 0.05) is 6.54 Å². The second kappa shape index (κ2) is 12.2. The molecule has 0 bridgehead atoms. The third-order valence-corrected chi connectivity index (χ3v) is 3.53. The normalized spacial score (nSPS) is 30.2. The van der Waals surface area contributed by atoms with E-state index in [1.165, 1.54) is 0 Å². The van der Waals surface area contributed by atoms with Crippen molar-refractivity contribution in [1.29, 1.82) is 0 Å². The summed E-state index contributed by atoms with van der Waals surface area (Å²) in [6, 6.07) is 0. The Bertz CT molecular complexity index is 586. The zero-order valence-electron chi connectivity index (χ0n) is 13.4. The Hall–Kier alpha value is 1.54. The van der Waals surface area contributed by atoms with E-state index in [9.17, 15) is 36.2 Å². The molecule has 0 unspecified atom stereocenters. The smallest absolute Gasteiger partial charge is 0.726 e. The van der Waals surface area contributed by atoms with Crippen molar-refractivity contribution < 1.29 is 113 Å². The summed E-state index contributed by atoms with van der Waals surface area (Å²) in [6.45, 7) is -1.21. The Morgan fingerprint density at radius 3 is 2.04 bits per heavy atom. The van der Waals surface area contributed by atoms with E-state index in [4.69, 9.17) is 15.2 Å². The van der Waals surface area contributed by atoms with Gasteiger partial charge in [0.25, 0.3) is 0 Å². The van der Waals surface area contributed by atoms with Crippen molar-refractivity contribution in [2.75, 3.05) is 19.8 Å². The van der Waals surface area contributed by atoms with Crippen molar-refractivity contribution in [2.24, 2.45) is 5.73 Å². The van der Waals surface area contributed by atoms with Crippen molar-refractivity contribution >= 4 is 20.8 Å². The van der Waals surface area contributed by atoms with E-state index < -0.39 is 58.1 Å². The van der Waals surface area contributed by atoms with Crippen LogP contribution in [-0.4, -0.2) is 86.6 Å². The van der Waals surface area contributed by atoms with Gasteiger partial charge in [0.1, 0.15) is 24.4 Å². The minimum Gasteiger partial charge on any atom is -0.726 e. The summed E-state index contributed by atoms with van der Waals surface area (Å²) >= 11 is 0. The van der Waals surface area contributed by atoms with Gasteiger partial charge >= 0.3 is 59.1 Å². The number of hydrogen-bond acceptors (Lipinski definition) is 13. The Labute approximate surface area is 188 Å². The zero-order valence-corrected chi connectivity index (χ0v) is 19.0. The molecule has 0 aliphatic carbocycles. The molecule has 4 N–H and O–H groups in total. The second-order valence-electron chi connectivity index (χ2n) is 4.35. The molecule has 138 valence electrons. The van der Waals surface area contributed by atoms with Crippen LogP contribution in [0.2, 0.25) is 0 Å². The van der Waals surface area contributed by atoms with Crippen LogP contribution >= 0.6 is 0 Å². The molecular formula is C8H15NNa2O12S2. The monoisotopic (exact) mass is 427 g/mol. The molecule has 1 aliphatic rings. The largest absolute Gasteiger partial charge is 1.00 e. The van der Waals surface area contributed by atoms with Crippen molar-refractivity contribution in [2.45, 2.75) is 30.7 Å². The maximum atomic E-state index is 10.7. The molecule has 13 nitrogen and oxygen atoms in total. The van der Waals surface area contributed by atoms with Crippen LogP contribution in [0.25, 0.3) is 0 Å². The van der Waals surface area contributed by atoms with Gasteiger partial charge in [0.2, 0.25) is 20.8 Å². The van der Waals surface area contributed by atoms with Gasteiger partial charge in [-0.1, -0.05) is 0 Å². The Morgan fingerprint density at radius 2 is 1.60 bits per heavy atom. The van der Waals surface area contributed by atoms with Crippen molar-refractivity contribution in [1.82, 2.24) is 0 Å². The molecule has 0 aromatic rings. The number of ether oxygens (including phenoxy) is 2. The van der Waals surface area contributed by atoms with Gasteiger partial charge in [0.05, 0.1) is 13.2 Å². The minimum absolute atomic E-state index is 0. The van der Waals surface area contributed by atoms with Crippen molar-refractivity contribution in [3.8, 4) is 0 Å². The molecule has 0 aromatic carbocycles. The van der Waals surface area contributed by atoms with Gasteiger partial charge in [0.15, 0.2) is 6.29 Å². The van der Waals surface area contributed by atoms with Crippen LogP contribution in [0.3, 0.4) is 0 Å². The van der Waals surface area contributed by atoms with Crippen molar-refractivity contribution in [3.05, 3.63) is 0 Å². The maximum absolute atomic E-state index is 10.7. The van der Waals surface area contributed by atoms with E-state index >= 15 is 0 Å². The first kappa shape index (κ1) is 28.7. The average molecular weight is 427 g/mol. The predicted molar refractivity (Wildman–Crippen MR) is 65.9 cm³/mol. The molecule has 0 amide bonds. The van der Waals surface area contributed by atoms with Gasteiger partial charge in [-0.05, 0) is 0 Å². The zero-order chi connectivity index (χ0) is 17.8. The quantitative estimate of drug-likeness (QED) is 0.186. The fourth-order valence-corrected chi connectivity index (χ4v) is 2.56. The number of aliphatic hydroxyl groups is 2. The van der Waals surface area contributed by atoms with Gasteiger partial charge in [-0.2, -0.15) is 0 Å². The van der Waals surface area contributed by atoms with Gasteiger partial charge in [-0.3, -0.25) is 8.37 Å². The number of nitrogens with two attached hydrogens (primary N) is 1. The van der Waals surface area contributed by atoms with E-state index in [-0.39, 0.29) is 72.3 Å². The first-order chi connectivity index (χ1) is 10.4. The first-order valence-corrected chi connectivity index (χ1v) is 8.69. The molecule has 5 atom stereocenters. The molecule has 0 radical (unpaired) electrons. The summed E-state index contributed by atoms with van der Waals surface area (Å²) in [5.74, 6) is 0. The van der Waals surface area contributed by atoms with E-state index in [2.05, 4.69) is 8.37 Å². The molecule has 1 rings (SSSR count). The summed E-state index contributed by atoms with van der Waals surface area (Å²) < 4.78 is 81.0. The first-order valence-electron chi connectivity index (χ1n) is 6.02. The van der Waals surface area contributed by atoms with Crippen LogP contribution in [0.5, 0.6) is 0 Å². The molecule has 1 heterocycles. The summed E-state index contributed by atoms with van der Waals surface area (Å²) in [7, 11) is -10.5. The van der Waals surface area contributed by atoms with Gasteiger partial charge in [-0.15, -0.1) is 0 Å². The maximum Gasteiger partial charge on any atom is 1.00 e. The van der Waals surface area contributed by atoms with Crippen LogP contribution in [0.15, 0.2) is 0 Å².